The minimum Gasteiger partial charge on any atom is -0.381 e. The third kappa shape index (κ3) is 3.40. The summed E-state index contributed by atoms with van der Waals surface area (Å²) in [4.78, 5) is 16.5. The van der Waals surface area contributed by atoms with Crippen molar-refractivity contribution in [3.05, 3.63) is 0 Å². The highest BCUT2D eigenvalue weighted by Gasteiger charge is 2.29. The highest BCUT2D eigenvalue weighted by Crippen LogP contribution is 2.16. The second-order valence-electron chi connectivity index (χ2n) is 4.87. The quantitative estimate of drug-likeness (QED) is 0.722. The average molecular weight is 241 g/mol. The van der Waals surface area contributed by atoms with Crippen LogP contribution in [0.3, 0.4) is 0 Å². The molecule has 0 aromatic rings. The molecule has 0 bridgehead atoms. The van der Waals surface area contributed by atoms with Crippen LogP contribution < -0.4 is 5.73 Å². The molecule has 5 heteroatoms. The molecule has 0 aromatic heterocycles. The van der Waals surface area contributed by atoms with Crippen LogP contribution in [-0.2, 0) is 9.53 Å². The van der Waals surface area contributed by atoms with Crippen LogP contribution in [0, 0.1) is 5.92 Å². The molecule has 0 saturated carbocycles. The molecular formula is C12H23N3O2. The number of hydrogen-bond donors (Lipinski definition) is 1. The molecule has 1 unspecified atom stereocenters. The highest BCUT2D eigenvalue weighted by atomic mass is 16.5. The fourth-order valence-electron chi connectivity index (χ4n) is 2.49. The molecule has 2 aliphatic rings. The molecule has 2 saturated heterocycles. The lowest BCUT2D eigenvalue weighted by molar-refractivity contribution is -0.137. The summed E-state index contributed by atoms with van der Waals surface area (Å²) < 4.78 is 5.27. The van der Waals surface area contributed by atoms with Crippen molar-refractivity contribution in [2.75, 3.05) is 52.5 Å². The molecule has 2 N–H and O–H groups in total. The molecule has 0 radical (unpaired) electrons. The zero-order chi connectivity index (χ0) is 12.1. The Morgan fingerprint density at radius 2 is 2.06 bits per heavy atom. The number of carbonyl (C=O) groups excluding carboxylic acids is 1. The molecule has 0 aliphatic carbocycles. The number of carbonyl (C=O) groups is 1. The molecule has 0 aromatic carbocycles. The molecule has 1 amide bonds. The molecule has 1 atom stereocenters. The largest absolute Gasteiger partial charge is 0.381 e. The first kappa shape index (κ1) is 12.8. The zero-order valence-electron chi connectivity index (χ0n) is 10.4. The SMILES string of the molecule is NCCCN1CCN(C(=O)C2CCOC2)CC1. The van der Waals surface area contributed by atoms with Crippen molar-refractivity contribution in [1.29, 1.82) is 0 Å². The third-order valence-electron chi connectivity index (χ3n) is 3.64. The van der Waals surface area contributed by atoms with Crippen LogP contribution in [0.2, 0.25) is 0 Å². The van der Waals surface area contributed by atoms with Gasteiger partial charge in [-0.15, -0.1) is 0 Å². The Kier molecular flexibility index (Phi) is 4.76. The number of piperazine rings is 1. The predicted octanol–water partition coefficient (Wildman–Crippen LogP) is -0.484. The van der Waals surface area contributed by atoms with E-state index in [1.165, 1.54) is 0 Å². The maximum atomic E-state index is 12.1. The van der Waals surface area contributed by atoms with Gasteiger partial charge in [0.05, 0.1) is 12.5 Å². The lowest BCUT2D eigenvalue weighted by atomic mass is 10.1. The number of rotatable bonds is 4. The van der Waals surface area contributed by atoms with Gasteiger partial charge < -0.3 is 15.4 Å². The van der Waals surface area contributed by atoms with E-state index in [2.05, 4.69) is 4.90 Å². The number of nitrogens with zero attached hydrogens (tertiary/aromatic N) is 2. The monoisotopic (exact) mass is 241 g/mol. The normalized spacial score (nSPS) is 26.4. The van der Waals surface area contributed by atoms with Crippen LogP contribution in [0.1, 0.15) is 12.8 Å². The number of nitrogens with two attached hydrogens (primary N) is 1. The maximum Gasteiger partial charge on any atom is 0.228 e. The van der Waals surface area contributed by atoms with Crippen LogP contribution in [0.5, 0.6) is 0 Å². The fourth-order valence-corrected chi connectivity index (χ4v) is 2.49. The smallest absolute Gasteiger partial charge is 0.228 e. The van der Waals surface area contributed by atoms with Crippen LogP contribution in [0.4, 0.5) is 0 Å². The van der Waals surface area contributed by atoms with Crippen LogP contribution in [-0.4, -0.2) is 68.2 Å². The Bertz CT molecular complexity index is 246. The summed E-state index contributed by atoms with van der Waals surface area (Å²) in [5.74, 6) is 0.409. The highest BCUT2D eigenvalue weighted by molar-refractivity contribution is 5.79. The van der Waals surface area contributed by atoms with Gasteiger partial charge >= 0.3 is 0 Å². The van der Waals surface area contributed by atoms with Gasteiger partial charge in [-0.3, -0.25) is 9.69 Å². The molecule has 0 spiro atoms. The van der Waals surface area contributed by atoms with Crippen molar-refractivity contribution >= 4 is 5.91 Å². The first-order valence-corrected chi connectivity index (χ1v) is 6.60. The van der Waals surface area contributed by atoms with E-state index >= 15 is 0 Å². The van der Waals surface area contributed by atoms with Gasteiger partial charge in [0.15, 0.2) is 0 Å². The van der Waals surface area contributed by atoms with E-state index in [1.807, 2.05) is 4.90 Å². The summed E-state index contributed by atoms with van der Waals surface area (Å²) in [5, 5.41) is 0. The van der Waals surface area contributed by atoms with Crippen molar-refractivity contribution in [2.45, 2.75) is 12.8 Å². The molecular weight excluding hydrogens is 218 g/mol. The Morgan fingerprint density at radius 3 is 2.65 bits per heavy atom. The van der Waals surface area contributed by atoms with Gasteiger partial charge in [0.25, 0.3) is 0 Å². The second kappa shape index (κ2) is 6.33. The zero-order valence-corrected chi connectivity index (χ0v) is 10.4. The molecule has 17 heavy (non-hydrogen) atoms. The fraction of sp³-hybridized carbons (Fsp3) is 0.917. The van der Waals surface area contributed by atoms with Crippen molar-refractivity contribution in [3.63, 3.8) is 0 Å². The summed E-state index contributed by atoms with van der Waals surface area (Å²) in [6, 6.07) is 0. The topological polar surface area (TPSA) is 58.8 Å². The maximum absolute atomic E-state index is 12.1. The number of hydrogen-bond acceptors (Lipinski definition) is 4. The first-order chi connectivity index (χ1) is 8.31. The molecule has 2 rings (SSSR count). The van der Waals surface area contributed by atoms with Gasteiger partial charge in [0.2, 0.25) is 5.91 Å². The summed E-state index contributed by atoms with van der Waals surface area (Å²) in [6.45, 7) is 6.86. The third-order valence-corrected chi connectivity index (χ3v) is 3.64. The molecule has 2 aliphatic heterocycles. The van der Waals surface area contributed by atoms with Crippen molar-refractivity contribution in [2.24, 2.45) is 11.7 Å². The Labute approximate surface area is 103 Å². The minimum absolute atomic E-state index is 0.116. The van der Waals surface area contributed by atoms with Gasteiger partial charge in [-0.05, 0) is 25.9 Å². The van der Waals surface area contributed by atoms with Crippen molar-refractivity contribution in [1.82, 2.24) is 9.80 Å². The van der Waals surface area contributed by atoms with Gasteiger partial charge in [0, 0.05) is 32.8 Å². The lowest BCUT2D eigenvalue weighted by Crippen LogP contribution is -2.50. The van der Waals surface area contributed by atoms with E-state index in [0.717, 1.165) is 58.7 Å². The van der Waals surface area contributed by atoms with E-state index in [9.17, 15) is 4.79 Å². The molecule has 5 nitrogen and oxygen atoms in total. The lowest BCUT2D eigenvalue weighted by Gasteiger charge is -2.35. The van der Waals surface area contributed by atoms with Crippen molar-refractivity contribution < 1.29 is 9.53 Å². The number of ether oxygens (including phenoxy) is 1. The van der Waals surface area contributed by atoms with E-state index in [0.29, 0.717) is 12.5 Å². The second-order valence-corrected chi connectivity index (χ2v) is 4.87. The molecule has 2 heterocycles. The predicted molar refractivity (Wildman–Crippen MR) is 65.6 cm³/mol. The van der Waals surface area contributed by atoms with Crippen LogP contribution in [0.15, 0.2) is 0 Å². The van der Waals surface area contributed by atoms with E-state index in [-0.39, 0.29) is 5.92 Å². The summed E-state index contributed by atoms with van der Waals surface area (Å²) >= 11 is 0. The molecule has 2 fully saturated rings. The van der Waals surface area contributed by atoms with Crippen LogP contribution >= 0.6 is 0 Å². The van der Waals surface area contributed by atoms with E-state index in [4.69, 9.17) is 10.5 Å². The molecule has 98 valence electrons. The van der Waals surface area contributed by atoms with Gasteiger partial charge in [-0.2, -0.15) is 0 Å². The van der Waals surface area contributed by atoms with Gasteiger partial charge in [0.1, 0.15) is 0 Å². The van der Waals surface area contributed by atoms with E-state index < -0.39 is 0 Å². The van der Waals surface area contributed by atoms with Crippen LogP contribution in [0.25, 0.3) is 0 Å². The Hall–Kier alpha value is -0.650. The van der Waals surface area contributed by atoms with Gasteiger partial charge in [-0.25, -0.2) is 0 Å². The summed E-state index contributed by atoms with van der Waals surface area (Å²) in [5.41, 5.74) is 5.50. The minimum atomic E-state index is 0.116. The standard InChI is InChI=1S/C12H23N3O2/c13-3-1-4-14-5-7-15(8-6-14)12(16)11-2-9-17-10-11/h11H,1-10,13H2. The van der Waals surface area contributed by atoms with Crippen molar-refractivity contribution in [3.8, 4) is 0 Å². The summed E-state index contributed by atoms with van der Waals surface area (Å²) in [6.07, 6.45) is 1.94. The number of amides is 1. The Balaban J connectivity index is 1.72. The average Bonchev–Trinajstić information content (AvgIpc) is 2.90. The summed E-state index contributed by atoms with van der Waals surface area (Å²) in [7, 11) is 0. The van der Waals surface area contributed by atoms with Gasteiger partial charge in [-0.1, -0.05) is 0 Å². The van der Waals surface area contributed by atoms with E-state index in [1.54, 1.807) is 0 Å². The first-order valence-electron chi connectivity index (χ1n) is 6.60. The Morgan fingerprint density at radius 1 is 1.29 bits per heavy atom.